The summed E-state index contributed by atoms with van der Waals surface area (Å²) in [6.07, 6.45) is 0.602. The zero-order chi connectivity index (χ0) is 13.1. The number of hydrogen-bond donors (Lipinski definition) is 2. The second kappa shape index (κ2) is 5.59. The molecular weight excluding hydrogens is 254 g/mol. The van der Waals surface area contributed by atoms with Gasteiger partial charge >= 0.3 is 5.97 Å². The van der Waals surface area contributed by atoms with Gasteiger partial charge in [-0.25, -0.2) is 4.79 Å². The van der Waals surface area contributed by atoms with Crippen LogP contribution in [0.15, 0.2) is 18.2 Å². The molecule has 1 saturated heterocycles. The Kier molecular flexibility index (Phi) is 4.09. The Balaban J connectivity index is 1.87. The van der Waals surface area contributed by atoms with Crippen LogP contribution in [0.3, 0.4) is 0 Å². The summed E-state index contributed by atoms with van der Waals surface area (Å²) in [6, 6.07) is 5.78. The van der Waals surface area contributed by atoms with Crippen molar-refractivity contribution in [3.05, 3.63) is 28.8 Å². The highest BCUT2D eigenvalue weighted by Crippen LogP contribution is 2.25. The van der Waals surface area contributed by atoms with Gasteiger partial charge in [0.1, 0.15) is 0 Å². The molecule has 4 nitrogen and oxygen atoms in total. The van der Waals surface area contributed by atoms with Crippen LogP contribution in [0.5, 0.6) is 0 Å². The van der Waals surface area contributed by atoms with Gasteiger partial charge in [-0.1, -0.05) is 17.7 Å². The second-order valence-corrected chi connectivity index (χ2v) is 4.93. The van der Waals surface area contributed by atoms with Gasteiger partial charge in [0.2, 0.25) is 0 Å². The molecule has 0 bridgehead atoms. The maximum absolute atomic E-state index is 10.7. The minimum Gasteiger partial charge on any atom is -0.479 e. The molecule has 0 aliphatic carbocycles. The molecule has 1 aliphatic rings. The van der Waals surface area contributed by atoms with E-state index in [1.165, 1.54) is 0 Å². The first-order valence-corrected chi connectivity index (χ1v) is 6.32. The average Bonchev–Trinajstić information content (AvgIpc) is 2.76. The highest BCUT2D eigenvalue weighted by molar-refractivity contribution is 6.33. The number of nitrogens with one attached hydrogen (secondary N) is 1. The van der Waals surface area contributed by atoms with Gasteiger partial charge in [0.25, 0.3) is 0 Å². The molecule has 1 fully saturated rings. The molecule has 0 saturated carbocycles. The number of halogens is 1. The Morgan fingerprint density at radius 1 is 1.56 bits per heavy atom. The van der Waals surface area contributed by atoms with Crippen molar-refractivity contribution in [2.45, 2.75) is 32.0 Å². The summed E-state index contributed by atoms with van der Waals surface area (Å²) in [5.41, 5.74) is 1.96. The van der Waals surface area contributed by atoms with Crippen LogP contribution in [0.2, 0.25) is 5.02 Å². The maximum atomic E-state index is 10.7. The van der Waals surface area contributed by atoms with Gasteiger partial charge in [-0.2, -0.15) is 0 Å². The molecule has 0 amide bonds. The minimum absolute atomic E-state index is 0.0662. The molecule has 2 unspecified atom stereocenters. The molecule has 1 heterocycles. The highest BCUT2D eigenvalue weighted by atomic mass is 35.5. The molecule has 1 aromatic carbocycles. The summed E-state index contributed by atoms with van der Waals surface area (Å²) >= 11 is 6.10. The van der Waals surface area contributed by atoms with Gasteiger partial charge in [0.15, 0.2) is 6.10 Å². The van der Waals surface area contributed by atoms with Crippen LogP contribution in [0.25, 0.3) is 0 Å². The third-order valence-electron chi connectivity index (χ3n) is 3.03. The first-order chi connectivity index (χ1) is 8.56. The van der Waals surface area contributed by atoms with Crippen LogP contribution >= 0.6 is 11.6 Å². The predicted molar refractivity (Wildman–Crippen MR) is 70.2 cm³/mol. The largest absolute Gasteiger partial charge is 0.479 e. The van der Waals surface area contributed by atoms with E-state index in [1.807, 2.05) is 25.1 Å². The molecular formula is C13H16ClNO3. The number of aryl methyl sites for hydroxylation is 1. The number of hydrogen-bond acceptors (Lipinski definition) is 3. The zero-order valence-corrected chi connectivity index (χ0v) is 10.9. The van der Waals surface area contributed by atoms with Gasteiger partial charge in [-0.15, -0.1) is 0 Å². The topological polar surface area (TPSA) is 58.6 Å². The Morgan fingerprint density at radius 3 is 2.94 bits per heavy atom. The third kappa shape index (κ3) is 3.15. The summed E-state index contributed by atoms with van der Waals surface area (Å²) in [5.74, 6) is -0.883. The van der Waals surface area contributed by atoms with Crippen LogP contribution in [0.1, 0.15) is 18.4 Å². The summed E-state index contributed by atoms with van der Waals surface area (Å²) in [6.45, 7) is 2.56. The first-order valence-electron chi connectivity index (χ1n) is 5.94. The van der Waals surface area contributed by atoms with Crippen molar-refractivity contribution in [1.29, 1.82) is 0 Å². The molecule has 0 aromatic heterocycles. The van der Waals surface area contributed by atoms with Crippen LogP contribution in [-0.4, -0.2) is 29.8 Å². The van der Waals surface area contributed by atoms with Gasteiger partial charge in [-0.05, 0) is 37.5 Å². The quantitative estimate of drug-likeness (QED) is 0.882. The summed E-state index contributed by atoms with van der Waals surface area (Å²) in [4.78, 5) is 10.7. The van der Waals surface area contributed by atoms with Crippen molar-refractivity contribution in [3.8, 4) is 0 Å². The van der Waals surface area contributed by atoms with Crippen LogP contribution < -0.4 is 5.32 Å². The number of anilines is 1. The molecule has 5 heteroatoms. The van der Waals surface area contributed by atoms with E-state index in [-0.39, 0.29) is 6.10 Å². The fourth-order valence-corrected chi connectivity index (χ4v) is 2.33. The second-order valence-electron chi connectivity index (χ2n) is 4.53. The number of rotatable bonds is 4. The summed E-state index contributed by atoms with van der Waals surface area (Å²) < 4.78 is 5.40. The number of benzene rings is 1. The van der Waals surface area contributed by atoms with Gasteiger partial charge < -0.3 is 15.2 Å². The Bertz CT molecular complexity index is 450. The SMILES string of the molecule is Cc1ccc(NCC2CCC(C(=O)O)O2)c(Cl)c1. The van der Waals surface area contributed by atoms with Crippen LogP contribution in [0, 0.1) is 6.92 Å². The van der Waals surface area contributed by atoms with E-state index in [4.69, 9.17) is 21.4 Å². The molecule has 1 aliphatic heterocycles. The lowest BCUT2D eigenvalue weighted by Gasteiger charge is -2.14. The standard InChI is InChI=1S/C13H16ClNO3/c1-8-2-4-11(10(14)6-8)15-7-9-3-5-12(18-9)13(16)17/h2,4,6,9,12,15H,3,5,7H2,1H3,(H,16,17). The van der Waals surface area contributed by atoms with Crippen LogP contribution in [0.4, 0.5) is 5.69 Å². The van der Waals surface area contributed by atoms with E-state index >= 15 is 0 Å². The highest BCUT2D eigenvalue weighted by Gasteiger charge is 2.30. The number of carbonyl (C=O) groups is 1. The lowest BCUT2D eigenvalue weighted by molar-refractivity contribution is -0.149. The molecule has 0 radical (unpaired) electrons. The first kappa shape index (κ1) is 13.2. The molecule has 2 atom stereocenters. The van der Waals surface area contributed by atoms with E-state index in [1.54, 1.807) is 0 Å². The Morgan fingerprint density at radius 2 is 2.33 bits per heavy atom. The minimum atomic E-state index is -0.883. The molecule has 18 heavy (non-hydrogen) atoms. The molecule has 98 valence electrons. The van der Waals surface area contributed by atoms with Crippen molar-refractivity contribution in [1.82, 2.24) is 0 Å². The Hall–Kier alpha value is -1.26. The van der Waals surface area contributed by atoms with Gasteiger partial charge in [0.05, 0.1) is 16.8 Å². The molecule has 1 aromatic rings. The lowest BCUT2D eigenvalue weighted by atomic mass is 10.2. The van der Waals surface area contributed by atoms with Crippen molar-refractivity contribution < 1.29 is 14.6 Å². The fourth-order valence-electron chi connectivity index (χ4n) is 2.02. The molecule has 0 spiro atoms. The monoisotopic (exact) mass is 269 g/mol. The zero-order valence-electron chi connectivity index (χ0n) is 10.1. The average molecular weight is 270 g/mol. The number of aliphatic carboxylic acids is 1. The van der Waals surface area contributed by atoms with Crippen molar-refractivity contribution in [3.63, 3.8) is 0 Å². The molecule has 2 N–H and O–H groups in total. The van der Waals surface area contributed by atoms with Crippen molar-refractivity contribution >= 4 is 23.3 Å². The fraction of sp³-hybridized carbons (Fsp3) is 0.462. The van der Waals surface area contributed by atoms with Crippen molar-refractivity contribution in [2.75, 3.05) is 11.9 Å². The lowest BCUT2D eigenvalue weighted by Crippen LogP contribution is -2.24. The van der Waals surface area contributed by atoms with Gasteiger partial charge in [0, 0.05) is 6.54 Å². The van der Waals surface area contributed by atoms with E-state index in [0.29, 0.717) is 18.0 Å². The number of carboxylic acids is 1. The van der Waals surface area contributed by atoms with E-state index in [2.05, 4.69) is 5.32 Å². The predicted octanol–water partition coefficient (Wildman–Crippen LogP) is 2.69. The summed E-state index contributed by atoms with van der Waals surface area (Å²) in [5, 5.41) is 12.7. The molecule has 2 rings (SSSR count). The number of ether oxygens (including phenoxy) is 1. The third-order valence-corrected chi connectivity index (χ3v) is 3.34. The normalized spacial score (nSPS) is 23.0. The van der Waals surface area contributed by atoms with E-state index in [9.17, 15) is 4.79 Å². The van der Waals surface area contributed by atoms with E-state index in [0.717, 1.165) is 17.7 Å². The van der Waals surface area contributed by atoms with Crippen LogP contribution in [-0.2, 0) is 9.53 Å². The van der Waals surface area contributed by atoms with Gasteiger partial charge in [-0.3, -0.25) is 0 Å². The smallest absolute Gasteiger partial charge is 0.332 e. The number of carboxylic acid groups (broad SMARTS) is 1. The maximum Gasteiger partial charge on any atom is 0.332 e. The summed E-state index contributed by atoms with van der Waals surface area (Å²) in [7, 11) is 0. The van der Waals surface area contributed by atoms with Crippen molar-refractivity contribution in [2.24, 2.45) is 0 Å². The Labute approximate surface area is 111 Å². The van der Waals surface area contributed by atoms with E-state index < -0.39 is 12.1 Å².